The number of hydrogen-bond acceptors (Lipinski definition) is 4. The van der Waals surface area contributed by atoms with Gasteiger partial charge in [-0.25, -0.2) is 13.1 Å². The van der Waals surface area contributed by atoms with Gasteiger partial charge in [-0.2, -0.15) is 5.10 Å². The summed E-state index contributed by atoms with van der Waals surface area (Å²) >= 11 is 0. The Bertz CT molecular complexity index is 546. The van der Waals surface area contributed by atoms with Crippen molar-refractivity contribution in [3.8, 4) is 0 Å². The molecule has 0 aromatic carbocycles. The number of carbonyl (C=O) groups is 1. The molecule has 0 radical (unpaired) electrons. The third-order valence-electron chi connectivity index (χ3n) is 2.41. The Morgan fingerprint density at radius 3 is 2.58 bits per heavy atom. The number of amides is 1. The van der Waals surface area contributed by atoms with Gasteiger partial charge >= 0.3 is 0 Å². The van der Waals surface area contributed by atoms with Crippen LogP contribution in [-0.2, 0) is 15.4 Å². The first-order chi connectivity index (χ1) is 8.65. The topological polar surface area (TPSA) is 91.9 Å². The SMILES string of the molecule is CC(C)(C)c1cc(C(=O)NS(=O)(=O)CCCF)n[nH]1. The minimum absolute atomic E-state index is 0.00579. The third-order valence-corrected chi connectivity index (χ3v) is 3.74. The van der Waals surface area contributed by atoms with Gasteiger partial charge in [0.1, 0.15) is 0 Å². The number of hydrogen-bond donors (Lipinski definition) is 2. The predicted octanol–water partition coefficient (Wildman–Crippen LogP) is 1.13. The third kappa shape index (κ3) is 4.62. The summed E-state index contributed by atoms with van der Waals surface area (Å²) in [6.07, 6.45) is -0.142. The Morgan fingerprint density at radius 2 is 2.11 bits per heavy atom. The zero-order valence-corrected chi connectivity index (χ0v) is 12.0. The summed E-state index contributed by atoms with van der Waals surface area (Å²) in [5, 5.41) is 6.46. The molecule has 0 saturated carbocycles. The van der Waals surface area contributed by atoms with Crippen LogP contribution in [0, 0.1) is 0 Å². The summed E-state index contributed by atoms with van der Waals surface area (Å²) in [7, 11) is -3.81. The van der Waals surface area contributed by atoms with Gasteiger partial charge in [0.25, 0.3) is 5.91 Å². The summed E-state index contributed by atoms with van der Waals surface area (Å²) < 4.78 is 36.7. The van der Waals surface area contributed by atoms with Crippen LogP contribution in [0.2, 0.25) is 0 Å². The van der Waals surface area contributed by atoms with E-state index in [0.29, 0.717) is 0 Å². The van der Waals surface area contributed by atoms with Gasteiger partial charge in [-0.15, -0.1) is 0 Å². The largest absolute Gasteiger partial charge is 0.285 e. The fraction of sp³-hybridized carbons (Fsp3) is 0.636. The van der Waals surface area contributed by atoms with E-state index in [1.165, 1.54) is 6.07 Å². The van der Waals surface area contributed by atoms with Crippen LogP contribution in [0.25, 0.3) is 0 Å². The van der Waals surface area contributed by atoms with Crippen molar-refractivity contribution in [2.75, 3.05) is 12.4 Å². The van der Waals surface area contributed by atoms with E-state index < -0.39 is 28.4 Å². The minimum Gasteiger partial charge on any atom is -0.281 e. The molecule has 0 saturated heterocycles. The van der Waals surface area contributed by atoms with Crippen molar-refractivity contribution in [2.24, 2.45) is 0 Å². The van der Waals surface area contributed by atoms with Crippen LogP contribution in [0.5, 0.6) is 0 Å². The van der Waals surface area contributed by atoms with Crippen molar-refractivity contribution in [3.63, 3.8) is 0 Å². The fourth-order valence-corrected chi connectivity index (χ4v) is 2.29. The quantitative estimate of drug-likeness (QED) is 0.850. The lowest BCUT2D eigenvalue weighted by atomic mass is 9.92. The molecule has 108 valence electrons. The van der Waals surface area contributed by atoms with Crippen molar-refractivity contribution in [2.45, 2.75) is 32.6 Å². The first-order valence-corrected chi connectivity index (χ1v) is 7.47. The van der Waals surface area contributed by atoms with Gasteiger partial charge in [0.05, 0.1) is 12.4 Å². The van der Waals surface area contributed by atoms with Crippen LogP contribution in [0.1, 0.15) is 43.4 Å². The standard InChI is InChI=1S/C11H18FN3O3S/c1-11(2,3)9-7-8(13-14-9)10(16)15-19(17,18)6-4-5-12/h7H,4-6H2,1-3H3,(H,13,14)(H,15,16). The molecule has 1 aromatic heterocycles. The van der Waals surface area contributed by atoms with Gasteiger partial charge in [-0.1, -0.05) is 20.8 Å². The van der Waals surface area contributed by atoms with E-state index in [0.717, 1.165) is 5.69 Å². The molecule has 0 aliphatic rings. The lowest BCUT2D eigenvalue weighted by molar-refractivity contribution is 0.0976. The smallest absolute Gasteiger partial charge is 0.281 e. The summed E-state index contributed by atoms with van der Waals surface area (Å²) in [5.41, 5.74) is 0.492. The molecule has 0 aliphatic heterocycles. The molecule has 6 nitrogen and oxygen atoms in total. The summed E-state index contributed by atoms with van der Waals surface area (Å²) in [6, 6.07) is 1.50. The maximum Gasteiger partial charge on any atom is 0.285 e. The number of nitrogens with one attached hydrogen (secondary N) is 2. The van der Waals surface area contributed by atoms with E-state index >= 15 is 0 Å². The fourth-order valence-electron chi connectivity index (χ4n) is 1.31. The molecule has 2 N–H and O–H groups in total. The van der Waals surface area contributed by atoms with Crippen molar-refractivity contribution >= 4 is 15.9 Å². The predicted molar refractivity (Wildman–Crippen MR) is 69.1 cm³/mol. The van der Waals surface area contributed by atoms with Crippen molar-refractivity contribution in [1.29, 1.82) is 0 Å². The number of aromatic amines is 1. The number of rotatable bonds is 5. The monoisotopic (exact) mass is 291 g/mol. The summed E-state index contributed by atoms with van der Waals surface area (Å²) in [5.74, 6) is -1.24. The molecule has 0 aliphatic carbocycles. The first-order valence-electron chi connectivity index (χ1n) is 5.82. The van der Waals surface area contributed by atoms with Crippen LogP contribution in [0.4, 0.5) is 4.39 Å². The highest BCUT2D eigenvalue weighted by Crippen LogP contribution is 2.20. The maximum atomic E-state index is 11.9. The normalized spacial score (nSPS) is 12.4. The molecular formula is C11H18FN3O3S. The van der Waals surface area contributed by atoms with Crippen LogP contribution in [-0.4, -0.2) is 36.9 Å². The molecule has 1 rings (SSSR count). The molecule has 8 heteroatoms. The highest BCUT2D eigenvalue weighted by atomic mass is 32.2. The van der Waals surface area contributed by atoms with E-state index in [2.05, 4.69) is 10.2 Å². The number of sulfonamides is 1. The van der Waals surface area contributed by atoms with E-state index in [1.54, 1.807) is 0 Å². The summed E-state index contributed by atoms with van der Waals surface area (Å²) in [6.45, 7) is 5.05. The lowest BCUT2D eigenvalue weighted by Gasteiger charge is -2.14. The number of H-pyrrole nitrogens is 1. The first kappa shape index (κ1) is 15.6. The Morgan fingerprint density at radius 1 is 1.47 bits per heavy atom. The zero-order chi connectivity index (χ0) is 14.7. The summed E-state index contributed by atoms with van der Waals surface area (Å²) in [4.78, 5) is 11.7. The molecule has 1 heterocycles. The van der Waals surface area contributed by atoms with Gasteiger partial charge in [0.2, 0.25) is 10.0 Å². The van der Waals surface area contributed by atoms with Crippen LogP contribution < -0.4 is 4.72 Å². The van der Waals surface area contributed by atoms with E-state index in [4.69, 9.17) is 0 Å². The average Bonchev–Trinajstić information content (AvgIpc) is 2.74. The molecule has 0 unspecified atom stereocenters. The number of aromatic nitrogens is 2. The Kier molecular flexibility index (Phi) is 4.67. The Labute approximate surface area is 111 Å². The maximum absolute atomic E-state index is 11.9. The van der Waals surface area contributed by atoms with Crippen LogP contribution >= 0.6 is 0 Å². The highest BCUT2D eigenvalue weighted by Gasteiger charge is 2.22. The van der Waals surface area contributed by atoms with Gasteiger partial charge in [0, 0.05) is 11.1 Å². The van der Waals surface area contributed by atoms with Crippen LogP contribution in [0.3, 0.4) is 0 Å². The van der Waals surface area contributed by atoms with Crippen molar-refractivity contribution in [3.05, 3.63) is 17.5 Å². The van der Waals surface area contributed by atoms with Crippen LogP contribution in [0.15, 0.2) is 6.07 Å². The lowest BCUT2D eigenvalue weighted by Crippen LogP contribution is -2.32. The molecule has 0 bridgehead atoms. The molecule has 19 heavy (non-hydrogen) atoms. The molecule has 0 spiro atoms. The van der Waals surface area contributed by atoms with Gasteiger partial charge in [-0.05, 0) is 12.5 Å². The van der Waals surface area contributed by atoms with E-state index in [9.17, 15) is 17.6 Å². The zero-order valence-electron chi connectivity index (χ0n) is 11.2. The highest BCUT2D eigenvalue weighted by molar-refractivity contribution is 7.90. The van der Waals surface area contributed by atoms with E-state index in [1.807, 2.05) is 25.5 Å². The number of carbonyl (C=O) groups excluding carboxylic acids is 1. The van der Waals surface area contributed by atoms with Gasteiger partial charge < -0.3 is 0 Å². The second kappa shape index (κ2) is 5.68. The number of alkyl halides is 1. The van der Waals surface area contributed by atoms with E-state index in [-0.39, 0.29) is 17.5 Å². The molecule has 1 amide bonds. The van der Waals surface area contributed by atoms with Crippen molar-refractivity contribution in [1.82, 2.24) is 14.9 Å². The molecule has 0 atom stereocenters. The second-order valence-corrected chi connectivity index (χ2v) is 7.05. The van der Waals surface area contributed by atoms with Gasteiger partial charge in [0.15, 0.2) is 5.69 Å². The Balaban J connectivity index is 2.77. The molecular weight excluding hydrogens is 273 g/mol. The average molecular weight is 291 g/mol. The second-order valence-electron chi connectivity index (χ2n) is 5.21. The Hall–Kier alpha value is -1.44. The van der Waals surface area contributed by atoms with Gasteiger partial charge in [-0.3, -0.25) is 14.3 Å². The molecule has 0 fully saturated rings. The van der Waals surface area contributed by atoms with Crippen molar-refractivity contribution < 1.29 is 17.6 Å². The molecule has 1 aromatic rings. The number of nitrogens with zero attached hydrogens (tertiary/aromatic N) is 1. The minimum atomic E-state index is -3.81. The number of halogens is 1.